The third kappa shape index (κ3) is 5.55. The lowest BCUT2D eigenvalue weighted by Gasteiger charge is -2.47. The van der Waals surface area contributed by atoms with Crippen molar-refractivity contribution in [1.82, 2.24) is 4.90 Å². The summed E-state index contributed by atoms with van der Waals surface area (Å²) < 4.78 is 18.6. The zero-order chi connectivity index (χ0) is 26.5. The number of carbonyl (C=O) groups is 2. The molecule has 0 saturated carbocycles. The first-order valence-corrected chi connectivity index (χ1v) is 13.8. The van der Waals surface area contributed by atoms with Gasteiger partial charge in [0.25, 0.3) is 11.8 Å². The van der Waals surface area contributed by atoms with Gasteiger partial charge >= 0.3 is 0 Å². The van der Waals surface area contributed by atoms with Crippen LogP contribution in [0, 0.1) is 0 Å². The van der Waals surface area contributed by atoms with E-state index in [0.717, 1.165) is 11.1 Å². The van der Waals surface area contributed by atoms with E-state index in [9.17, 15) is 14.7 Å². The minimum Gasteiger partial charge on any atom is -0.388 e. The number of fused-ring (bicyclic) bond motifs is 1. The summed E-state index contributed by atoms with van der Waals surface area (Å²) in [6.45, 7) is 2.70. The van der Waals surface area contributed by atoms with Crippen molar-refractivity contribution in [2.24, 2.45) is 0 Å². The number of benzene rings is 3. The summed E-state index contributed by atoms with van der Waals surface area (Å²) in [5, 5.41) is 11.5. The van der Waals surface area contributed by atoms with Gasteiger partial charge in [-0.15, -0.1) is 11.8 Å². The molecule has 5 rings (SSSR count). The van der Waals surface area contributed by atoms with E-state index >= 15 is 0 Å². The fourth-order valence-electron chi connectivity index (χ4n) is 4.92. The minimum absolute atomic E-state index is 0.136. The van der Waals surface area contributed by atoms with Gasteiger partial charge in [0.15, 0.2) is 0 Å². The number of nitrogens with zero attached hydrogens (tertiary/aromatic N) is 1. The van der Waals surface area contributed by atoms with E-state index in [0.29, 0.717) is 23.5 Å². The summed E-state index contributed by atoms with van der Waals surface area (Å²) >= 11 is 1.48. The predicted octanol–water partition coefficient (Wildman–Crippen LogP) is 4.29. The molecule has 5 atom stereocenters. The van der Waals surface area contributed by atoms with E-state index in [1.165, 1.54) is 16.7 Å². The van der Waals surface area contributed by atoms with Crippen molar-refractivity contribution in [2.75, 3.05) is 12.4 Å². The lowest BCUT2D eigenvalue weighted by molar-refractivity contribution is -0.205. The molecule has 2 amide bonds. The van der Waals surface area contributed by atoms with Crippen LogP contribution < -0.4 is 0 Å². The van der Waals surface area contributed by atoms with Crippen LogP contribution in [0.25, 0.3) is 0 Å². The molecule has 0 radical (unpaired) electrons. The molecule has 0 aromatic heterocycles. The molecule has 7 nitrogen and oxygen atoms in total. The highest BCUT2D eigenvalue weighted by Crippen LogP contribution is 2.37. The number of ether oxygens (including phenoxy) is 3. The Balaban J connectivity index is 1.41. The lowest BCUT2D eigenvalue weighted by Crippen LogP contribution is -2.65. The van der Waals surface area contributed by atoms with Crippen molar-refractivity contribution in [2.45, 2.75) is 49.9 Å². The van der Waals surface area contributed by atoms with Crippen molar-refractivity contribution >= 4 is 23.6 Å². The molecule has 3 aromatic carbocycles. The second-order valence-electron chi connectivity index (χ2n) is 9.27. The Morgan fingerprint density at radius 3 is 1.97 bits per heavy atom. The Hall–Kier alpha value is -3.01. The van der Waals surface area contributed by atoms with Crippen LogP contribution in [0.5, 0.6) is 0 Å². The summed E-state index contributed by atoms with van der Waals surface area (Å²) in [6.07, 6.45) is -2.70. The summed E-state index contributed by atoms with van der Waals surface area (Å²) in [5.74, 6) is -0.121. The number of rotatable bonds is 10. The minimum atomic E-state index is -1.13. The van der Waals surface area contributed by atoms with Gasteiger partial charge in [-0.1, -0.05) is 79.7 Å². The Morgan fingerprint density at radius 2 is 1.39 bits per heavy atom. The highest BCUT2D eigenvalue weighted by molar-refractivity contribution is 7.99. The molecule has 1 saturated heterocycles. The zero-order valence-corrected chi connectivity index (χ0v) is 22.0. The second-order valence-corrected chi connectivity index (χ2v) is 10.6. The summed E-state index contributed by atoms with van der Waals surface area (Å²) in [6, 6.07) is 25.3. The van der Waals surface area contributed by atoms with E-state index in [1.54, 1.807) is 24.3 Å². The van der Waals surface area contributed by atoms with E-state index in [4.69, 9.17) is 14.2 Å². The van der Waals surface area contributed by atoms with Crippen molar-refractivity contribution in [3.05, 3.63) is 107 Å². The number of thioether (sulfide) groups is 1. The Bertz CT molecular complexity index is 1200. The highest BCUT2D eigenvalue weighted by Gasteiger charge is 2.53. The molecule has 38 heavy (non-hydrogen) atoms. The molecule has 1 fully saturated rings. The maximum Gasteiger partial charge on any atom is 0.262 e. The average molecular weight is 534 g/mol. The van der Waals surface area contributed by atoms with Crippen molar-refractivity contribution < 1.29 is 28.9 Å². The molecule has 2 aliphatic heterocycles. The molecular weight excluding hydrogens is 502 g/mol. The van der Waals surface area contributed by atoms with Gasteiger partial charge in [0.1, 0.15) is 29.8 Å². The van der Waals surface area contributed by atoms with E-state index in [2.05, 4.69) is 0 Å². The maximum atomic E-state index is 13.5. The number of hydrogen-bond acceptors (Lipinski definition) is 7. The molecule has 0 aliphatic carbocycles. The average Bonchev–Trinajstić information content (AvgIpc) is 3.20. The van der Waals surface area contributed by atoms with Gasteiger partial charge < -0.3 is 19.3 Å². The zero-order valence-electron chi connectivity index (χ0n) is 21.1. The third-order valence-electron chi connectivity index (χ3n) is 6.78. The van der Waals surface area contributed by atoms with Crippen LogP contribution >= 0.6 is 11.8 Å². The molecular formula is C30H31NO6S. The molecule has 1 N–H and O–H groups in total. The Kier molecular flexibility index (Phi) is 8.56. The number of carbonyl (C=O) groups excluding carboxylic acids is 2. The predicted molar refractivity (Wildman–Crippen MR) is 145 cm³/mol. The van der Waals surface area contributed by atoms with Gasteiger partial charge in [0.05, 0.1) is 30.9 Å². The van der Waals surface area contributed by atoms with Crippen molar-refractivity contribution in [3.8, 4) is 0 Å². The molecule has 198 valence electrons. The first-order valence-electron chi connectivity index (χ1n) is 12.8. The largest absolute Gasteiger partial charge is 0.388 e. The van der Waals surface area contributed by atoms with E-state index in [-0.39, 0.29) is 13.2 Å². The van der Waals surface area contributed by atoms with Crippen LogP contribution in [0.1, 0.15) is 38.8 Å². The Labute approximate surface area is 226 Å². The second kappa shape index (κ2) is 12.2. The number of imide groups is 1. The summed E-state index contributed by atoms with van der Waals surface area (Å²) in [4.78, 5) is 28.2. The molecule has 2 heterocycles. The molecule has 0 bridgehead atoms. The standard InChI is InChI=1S/C30H31NO6S/c1-2-38-30-25(31-28(33)22-15-9-10-16-23(22)29(31)34)27(36-18-21-13-7-4-8-14-21)26(32)24(37-30)19-35-17-20-11-5-3-6-12-20/h3-16,24-27,30,32H,2,17-19H2,1H3/t24-,25-,26-,27-,30+/m1/s1. The van der Waals surface area contributed by atoms with Crippen LogP contribution in [0.3, 0.4) is 0 Å². The van der Waals surface area contributed by atoms with Gasteiger partial charge in [-0.05, 0) is 29.0 Å². The quantitative estimate of drug-likeness (QED) is 0.389. The van der Waals surface area contributed by atoms with Gasteiger partial charge in [0.2, 0.25) is 0 Å². The molecule has 0 spiro atoms. The van der Waals surface area contributed by atoms with Crippen LogP contribution in [0.15, 0.2) is 84.9 Å². The van der Waals surface area contributed by atoms with Crippen LogP contribution in [-0.2, 0) is 27.4 Å². The number of amides is 2. The van der Waals surface area contributed by atoms with Crippen LogP contribution in [0.2, 0.25) is 0 Å². The molecule has 0 unspecified atom stereocenters. The van der Waals surface area contributed by atoms with Crippen LogP contribution in [-0.4, -0.2) is 64.0 Å². The SMILES string of the molecule is CCS[C@@H]1O[C@H](COCc2ccccc2)[C@@H](O)[C@H](OCc2ccccc2)[C@H]1N1C(=O)c2ccccc2C1=O. The van der Waals surface area contributed by atoms with Crippen molar-refractivity contribution in [1.29, 1.82) is 0 Å². The summed E-state index contributed by atoms with van der Waals surface area (Å²) in [5.41, 5.74) is 2.03. The van der Waals surface area contributed by atoms with Gasteiger partial charge in [-0.25, -0.2) is 0 Å². The molecule has 2 aliphatic rings. The molecule has 8 heteroatoms. The van der Waals surface area contributed by atoms with Crippen LogP contribution in [0.4, 0.5) is 0 Å². The van der Waals surface area contributed by atoms with Gasteiger partial charge in [0, 0.05) is 0 Å². The third-order valence-corrected chi connectivity index (χ3v) is 7.83. The van der Waals surface area contributed by atoms with Crippen molar-refractivity contribution in [3.63, 3.8) is 0 Å². The molecule has 3 aromatic rings. The number of aliphatic hydroxyl groups is 1. The normalized spacial score (nSPS) is 25.0. The van der Waals surface area contributed by atoms with E-state index in [1.807, 2.05) is 67.6 Å². The lowest BCUT2D eigenvalue weighted by atomic mass is 9.96. The smallest absolute Gasteiger partial charge is 0.262 e. The topological polar surface area (TPSA) is 85.3 Å². The van der Waals surface area contributed by atoms with Gasteiger partial charge in [-0.2, -0.15) is 0 Å². The van der Waals surface area contributed by atoms with E-state index < -0.39 is 41.6 Å². The Morgan fingerprint density at radius 1 is 0.842 bits per heavy atom. The first-order chi connectivity index (χ1) is 18.6. The fraction of sp³-hybridized carbons (Fsp3) is 0.333. The van der Waals surface area contributed by atoms with Gasteiger partial charge in [-0.3, -0.25) is 14.5 Å². The summed E-state index contributed by atoms with van der Waals surface area (Å²) in [7, 11) is 0. The highest BCUT2D eigenvalue weighted by atomic mass is 32.2. The fourth-order valence-corrected chi connectivity index (χ4v) is 5.94. The monoisotopic (exact) mass is 533 g/mol. The number of aliphatic hydroxyl groups excluding tert-OH is 1. The first kappa shape index (κ1) is 26.6. The number of hydrogen-bond donors (Lipinski definition) is 1. The maximum absolute atomic E-state index is 13.5.